The van der Waals surface area contributed by atoms with Crippen molar-refractivity contribution in [2.24, 2.45) is 0 Å². The molecule has 0 radical (unpaired) electrons. The molecule has 8 heteroatoms. The summed E-state index contributed by atoms with van der Waals surface area (Å²) < 4.78 is 5.68. The lowest BCUT2D eigenvalue weighted by atomic mass is 10.1. The Morgan fingerprint density at radius 2 is 1.80 bits per heavy atom. The summed E-state index contributed by atoms with van der Waals surface area (Å²) in [5, 5.41) is 4.64. The molecule has 1 aromatic heterocycles. The number of carbonyl (C=O) groups excluding carboxylic acids is 3. The fourth-order valence-corrected chi connectivity index (χ4v) is 4.14. The normalized spacial score (nSPS) is 18.7. The molecule has 0 bridgehead atoms. The number of benzene rings is 1. The van der Waals surface area contributed by atoms with Gasteiger partial charge in [-0.2, -0.15) is 0 Å². The van der Waals surface area contributed by atoms with E-state index in [-0.39, 0.29) is 36.5 Å². The minimum atomic E-state index is -0.237. The van der Waals surface area contributed by atoms with Crippen LogP contribution in [0.2, 0.25) is 0 Å². The number of likely N-dealkylation sites (N-methyl/N-ethyl adjacent to an activating group) is 1. The first kappa shape index (κ1) is 22.0. The monoisotopic (exact) mass is 429 g/mol. The summed E-state index contributed by atoms with van der Waals surface area (Å²) in [6.45, 7) is 5.42. The second-order valence-corrected chi connectivity index (χ2v) is 8.53. The van der Waals surface area contributed by atoms with Gasteiger partial charge < -0.3 is 19.9 Å². The molecular weight excluding hydrogens is 402 g/mol. The number of rotatable bonds is 6. The van der Waals surface area contributed by atoms with Crippen molar-refractivity contribution in [2.45, 2.75) is 32.6 Å². The van der Waals surface area contributed by atoms with Crippen LogP contribution in [0.25, 0.3) is 0 Å². The first-order chi connectivity index (χ1) is 14.3. The Balaban J connectivity index is 1.49. The molecular formula is C22H27N3O4S. The summed E-state index contributed by atoms with van der Waals surface area (Å²) >= 11 is 1.35. The van der Waals surface area contributed by atoms with Crippen molar-refractivity contribution in [3.05, 3.63) is 57.8 Å². The average Bonchev–Trinajstić information content (AvgIpc) is 3.25. The molecule has 2 unspecified atom stereocenters. The number of hydrogen-bond donors (Lipinski definition) is 1. The Labute approximate surface area is 180 Å². The summed E-state index contributed by atoms with van der Waals surface area (Å²) in [6, 6.07) is 10.8. The lowest BCUT2D eigenvalue weighted by molar-refractivity contribution is -0.121. The Morgan fingerprint density at radius 1 is 1.13 bits per heavy atom. The van der Waals surface area contributed by atoms with Gasteiger partial charge in [0.15, 0.2) is 0 Å². The quantitative estimate of drug-likeness (QED) is 0.765. The standard InChI is InChI=1S/C22H27N3O4S/c1-15-12-25(13-16(2)29-15)21(27)18-8-6-17(7-9-18)11-23-20(26)14-24(3)22(28)19-5-4-10-30-19/h4-10,15-16H,11-14H2,1-3H3,(H,23,26). The summed E-state index contributed by atoms with van der Waals surface area (Å²) in [5.74, 6) is -0.421. The van der Waals surface area contributed by atoms with Crippen molar-refractivity contribution in [3.63, 3.8) is 0 Å². The first-order valence-corrected chi connectivity index (χ1v) is 10.8. The van der Waals surface area contributed by atoms with Gasteiger partial charge in [-0.1, -0.05) is 18.2 Å². The molecule has 0 spiro atoms. The van der Waals surface area contributed by atoms with E-state index in [0.717, 1.165) is 5.56 Å². The molecule has 2 heterocycles. The van der Waals surface area contributed by atoms with Crippen molar-refractivity contribution < 1.29 is 19.1 Å². The zero-order chi connectivity index (χ0) is 21.7. The molecule has 2 aromatic rings. The minimum absolute atomic E-state index is 0.0127. The van der Waals surface area contributed by atoms with Gasteiger partial charge in [0.05, 0.1) is 23.6 Å². The van der Waals surface area contributed by atoms with Crippen LogP contribution in [0.4, 0.5) is 0 Å². The number of carbonyl (C=O) groups is 3. The van der Waals surface area contributed by atoms with Gasteiger partial charge in [-0.25, -0.2) is 0 Å². The molecule has 0 saturated carbocycles. The molecule has 3 rings (SSSR count). The van der Waals surface area contributed by atoms with Crippen molar-refractivity contribution in [1.82, 2.24) is 15.1 Å². The molecule has 1 saturated heterocycles. The molecule has 1 aliphatic rings. The molecule has 1 N–H and O–H groups in total. The van der Waals surface area contributed by atoms with Crippen LogP contribution >= 0.6 is 11.3 Å². The molecule has 7 nitrogen and oxygen atoms in total. The van der Waals surface area contributed by atoms with Crippen LogP contribution in [0.1, 0.15) is 39.4 Å². The summed E-state index contributed by atoms with van der Waals surface area (Å²) in [7, 11) is 1.61. The van der Waals surface area contributed by atoms with E-state index in [1.165, 1.54) is 16.2 Å². The van der Waals surface area contributed by atoms with Crippen molar-refractivity contribution in [1.29, 1.82) is 0 Å². The van der Waals surface area contributed by atoms with E-state index < -0.39 is 0 Å². The Bertz CT molecular complexity index is 872. The molecule has 30 heavy (non-hydrogen) atoms. The molecule has 1 fully saturated rings. The largest absolute Gasteiger partial charge is 0.372 e. The van der Waals surface area contributed by atoms with Gasteiger partial charge >= 0.3 is 0 Å². The third-order valence-electron chi connectivity index (χ3n) is 4.86. The van der Waals surface area contributed by atoms with Crippen LogP contribution in [-0.4, -0.2) is 66.4 Å². The Morgan fingerprint density at radius 3 is 2.40 bits per heavy atom. The lowest BCUT2D eigenvalue weighted by Crippen LogP contribution is -2.48. The first-order valence-electron chi connectivity index (χ1n) is 9.93. The number of nitrogens with one attached hydrogen (secondary N) is 1. The van der Waals surface area contributed by atoms with Gasteiger partial charge in [0, 0.05) is 32.2 Å². The van der Waals surface area contributed by atoms with Crippen LogP contribution in [0.5, 0.6) is 0 Å². The molecule has 160 valence electrons. The fourth-order valence-electron chi connectivity index (χ4n) is 3.42. The third kappa shape index (κ3) is 5.67. The summed E-state index contributed by atoms with van der Waals surface area (Å²) in [4.78, 5) is 40.9. The van der Waals surface area contributed by atoms with Crippen LogP contribution in [-0.2, 0) is 16.1 Å². The number of nitrogens with zero attached hydrogens (tertiary/aromatic N) is 2. The van der Waals surface area contributed by atoms with Gasteiger partial charge in [-0.05, 0) is 43.0 Å². The van der Waals surface area contributed by atoms with Gasteiger partial charge in [0.1, 0.15) is 0 Å². The SMILES string of the molecule is CC1CN(C(=O)c2ccc(CNC(=O)CN(C)C(=O)c3cccs3)cc2)CC(C)O1. The predicted molar refractivity (Wildman–Crippen MR) is 115 cm³/mol. The smallest absolute Gasteiger partial charge is 0.264 e. The maximum atomic E-state index is 12.7. The highest BCUT2D eigenvalue weighted by atomic mass is 32.1. The zero-order valence-corrected chi connectivity index (χ0v) is 18.3. The number of hydrogen-bond acceptors (Lipinski definition) is 5. The molecule has 3 amide bonds. The molecule has 0 aliphatic carbocycles. The lowest BCUT2D eigenvalue weighted by Gasteiger charge is -2.35. The van der Waals surface area contributed by atoms with Gasteiger partial charge in [0.2, 0.25) is 5.91 Å². The molecule has 2 atom stereocenters. The second-order valence-electron chi connectivity index (χ2n) is 7.58. The van der Waals surface area contributed by atoms with E-state index in [1.807, 2.05) is 36.3 Å². The molecule has 1 aromatic carbocycles. The van der Waals surface area contributed by atoms with E-state index in [9.17, 15) is 14.4 Å². The topological polar surface area (TPSA) is 79.0 Å². The zero-order valence-electron chi connectivity index (χ0n) is 17.5. The van der Waals surface area contributed by atoms with Gasteiger partial charge in [-0.3, -0.25) is 14.4 Å². The van der Waals surface area contributed by atoms with Crippen LogP contribution in [0.3, 0.4) is 0 Å². The van der Waals surface area contributed by atoms with E-state index in [2.05, 4.69) is 5.32 Å². The maximum Gasteiger partial charge on any atom is 0.264 e. The van der Waals surface area contributed by atoms with E-state index in [4.69, 9.17) is 4.74 Å². The number of amides is 3. The van der Waals surface area contributed by atoms with Crippen LogP contribution < -0.4 is 5.32 Å². The Kier molecular flexibility index (Phi) is 7.23. The number of thiophene rings is 1. The van der Waals surface area contributed by atoms with Crippen LogP contribution in [0.15, 0.2) is 41.8 Å². The van der Waals surface area contributed by atoms with Crippen molar-refractivity contribution in [2.75, 3.05) is 26.7 Å². The second kappa shape index (κ2) is 9.86. The highest BCUT2D eigenvalue weighted by Gasteiger charge is 2.26. The minimum Gasteiger partial charge on any atom is -0.372 e. The third-order valence-corrected chi connectivity index (χ3v) is 5.71. The number of morpholine rings is 1. The van der Waals surface area contributed by atoms with Gasteiger partial charge in [0.25, 0.3) is 11.8 Å². The fraction of sp³-hybridized carbons (Fsp3) is 0.409. The summed E-state index contributed by atoms with van der Waals surface area (Å²) in [5.41, 5.74) is 1.50. The predicted octanol–water partition coefficient (Wildman–Crippen LogP) is 2.39. The molecule has 1 aliphatic heterocycles. The summed E-state index contributed by atoms with van der Waals surface area (Å²) in [6.07, 6.45) is 0.0500. The Hall–Kier alpha value is -2.71. The van der Waals surface area contributed by atoms with E-state index in [1.54, 1.807) is 31.3 Å². The number of ether oxygens (including phenoxy) is 1. The maximum absolute atomic E-state index is 12.7. The van der Waals surface area contributed by atoms with E-state index >= 15 is 0 Å². The van der Waals surface area contributed by atoms with Crippen LogP contribution in [0, 0.1) is 0 Å². The average molecular weight is 430 g/mol. The van der Waals surface area contributed by atoms with E-state index in [0.29, 0.717) is 30.1 Å². The highest BCUT2D eigenvalue weighted by molar-refractivity contribution is 7.12. The van der Waals surface area contributed by atoms with Gasteiger partial charge in [-0.15, -0.1) is 11.3 Å². The van der Waals surface area contributed by atoms with Crippen molar-refractivity contribution >= 4 is 29.1 Å². The highest BCUT2D eigenvalue weighted by Crippen LogP contribution is 2.15. The van der Waals surface area contributed by atoms with Crippen molar-refractivity contribution in [3.8, 4) is 0 Å².